The third-order valence-corrected chi connectivity index (χ3v) is 5.81. The van der Waals surface area contributed by atoms with Gasteiger partial charge in [-0.15, -0.1) is 0 Å². The normalized spacial score (nSPS) is 20.3. The molecule has 9 nitrogen and oxygen atoms in total. The molecule has 0 amide bonds. The summed E-state index contributed by atoms with van der Waals surface area (Å²) in [4.78, 5) is 31.2. The van der Waals surface area contributed by atoms with Crippen molar-refractivity contribution < 1.29 is 23.9 Å². The molecule has 166 valence electrons. The van der Waals surface area contributed by atoms with Crippen molar-refractivity contribution >= 4 is 28.3 Å². The van der Waals surface area contributed by atoms with Crippen LogP contribution >= 0.6 is 0 Å². The van der Waals surface area contributed by atoms with Gasteiger partial charge in [-0.1, -0.05) is 5.16 Å². The molecule has 1 saturated carbocycles. The number of carboxylic acid groups (broad SMARTS) is 1. The maximum Gasteiger partial charge on any atom is 0.341 e. The lowest BCUT2D eigenvalue weighted by Gasteiger charge is -2.36. The van der Waals surface area contributed by atoms with Crippen LogP contribution in [0.5, 0.6) is 5.75 Å². The Morgan fingerprint density at radius 2 is 2.10 bits per heavy atom. The number of pyridine rings is 1. The molecular formula is C21H25FN4O5. The number of hydrogen-bond acceptors (Lipinski definition) is 7. The average Bonchev–Trinajstić information content (AvgIpc) is 3.58. The molecule has 2 heterocycles. The van der Waals surface area contributed by atoms with Crippen molar-refractivity contribution in [2.45, 2.75) is 31.3 Å². The van der Waals surface area contributed by atoms with E-state index in [1.807, 2.05) is 11.9 Å². The van der Waals surface area contributed by atoms with Crippen molar-refractivity contribution in [2.24, 2.45) is 5.16 Å². The van der Waals surface area contributed by atoms with E-state index in [0.717, 1.165) is 24.6 Å². The summed E-state index contributed by atoms with van der Waals surface area (Å²) < 4.78 is 22.8. The Labute approximate surface area is 178 Å². The second kappa shape index (κ2) is 8.18. The summed E-state index contributed by atoms with van der Waals surface area (Å²) in [7, 11) is 4.71. The fourth-order valence-electron chi connectivity index (χ4n) is 4.25. The lowest BCUT2D eigenvalue weighted by Crippen LogP contribution is -2.49. The van der Waals surface area contributed by atoms with E-state index in [1.54, 1.807) is 4.57 Å². The topological polar surface area (TPSA) is 105 Å². The Bertz CT molecular complexity index is 1130. The van der Waals surface area contributed by atoms with Gasteiger partial charge in [0.1, 0.15) is 18.4 Å². The van der Waals surface area contributed by atoms with Crippen molar-refractivity contribution in [2.75, 3.05) is 39.3 Å². The molecule has 1 aromatic carbocycles. The number of anilines is 1. The number of carbonyl (C=O) groups is 1. The van der Waals surface area contributed by atoms with Gasteiger partial charge in [-0.3, -0.25) is 4.79 Å². The van der Waals surface area contributed by atoms with Gasteiger partial charge in [0.15, 0.2) is 11.6 Å². The number of nitrogens with one attached hydrogen (secondary N) is 1. The van der Waals surface area contributed by atoms with E-state index in [9.17, 15) is 14.7 Å². The minimum absolute atomic E-state index is 0.00198. The predicted molar refractivity (Wildman–Crippen MR) is 114 cm³/mol. The van der Waals surface area contributed by atoms with Gasteiger partial charge in [-0.2, -0.15) is 0 Å². The number of piperidine rings is 1. The second-order valence-electron chi connectivity index (χ2n) is 7.86. The maximum atomic E-state index is 15.4. The highest BCUT2D eigenvalue weighted by molar-refractivity contribution is 5.98. The standard InChI is InChI=1S/C21H25FN4O5/c1-23-11-6-12(24-31-3)9-25(8-11)18-16(22)7-14-17(20(18)30-2)26(13-4-5-13)10-15(19(14)27)21(28)29/h7,10-11,13,23H,4-6,8-9H2,1-3H3,(H,28,29)/b24-12+. The van der Waals surface area contributed by atoms with Crippen LogP contribution in [0.4, 0.5) is 10.1 Å². The van der Waals surface area contributed by atoms with Crippen LogP contribution in [0.1, 0.15) is 35.7 Å². The Hall–Kier alpha value is -3.14. The zero-order valence-electron chi connectivity index (χ0n) is 17.6. The number of aromatic nitrogens is 1. The zero-order chi connectivity index (χ0) is 22.3. The number of nitrogens with zero attached hydrogens (tertiary/aromatic N) is 3. The number of methoxy groups -OCH3 is 1. The highest BCUT2D eigenvalue weighted by Gasteiger charge is 2.33. The molecule has 2 aromatic rings. The molecule has 1 aromatic heterocycles. The first-order valence-corrected chi connectivity index (χ1v) is 10.1. The number of oxime groups is 1. The number of likely N-dealkylation sites (N-methyl/N-ethyl adjacent to an activating group) is 1. The van der Waals surface area contributed by atoms with Crippen molar-refractivity contribution in [1.29, 1.82) is 0 Å². The molecule has 1 aliphatic heterocycles. The Kier molecular flexibility index (Phi) is 5.57. The minimum Gasteiger partial charge on any atom is -0.492 e. The van der Waals surface area contributed by atoms with Gasteiger partial charge in [0, 0.05) is 31.2 Å². The van der Waals surface area contributed by atoms with Crippen LogP contribution in [0.2, 0.25) is 0 Å². The molecule has 1 aliphatic carbocycles. The largest absolute Gasteiger partial charge is 0.492 e. The molecule has 1 unspecified atom stereocenters. The number of aromatic carboxylic acids is 1. The van der Waals surface area contributed by atoms with Gasteiger partial charge in [0.05, 0.1) is 30.3 Å². The van der Waals surface area contributed by atoms with Gasteiger partial charge in [-0.05, 0) is 26.0 Å². The first-order valence-electron chi connectivity index (χ1n) is 10.1. The molecule has 31 heavy (non-hydrogen) atoms. The average molecular weight is 432 g/mol. The summed E-state index contributed by atoms with van der Waals surface area (Å²) in [6, 6.07) is 1.18. The van der Waals surface area contributed by atoms with E-state index in [0.29, 0.717) is 25.0 Å². The summed E-state index contributed by atoms with van der Waals surface area (Å²) in [6.07, 6.45) is 3.71. The highest BCUT2D eigenvalue weighted by Crippen LogP contribution is 2.44. The third kappa shape index (κ3) is 3.71. The van der Waals surface area contributed by atoms with E-state index in [2.05, 4.69) is 10.5 Å². The molecule has 2 N–H and O–H groups in total. The lowest BCUT2D eigenvalue weighted by molar-refractivity contribution is 0.0695. The number of ether oxygens (including phenoxy) is 1. The summed E-state index contributed by atoms with van der Waals surface area (Å²) in [5, 5.41) is 16.7. The molecular weight excluding hydrogens is 407 g/mol. The summed E-state index contributed by atoms with van der Waals surface area (Å²) in [5.41, 5.74) is 0.271. The van der Waals surface area contributed by atoms with Crippen LogP contribution < -0.4 is 20.4 Å². The third-order valence-electron chi connectivity index (χ3n) is 5.81. The Morgan fingerprint density at radius 1 is 1.35 bits per heavy atom. The maximum absolute atomic E-state index is 15.4. The molecule has 1 saturated heterocycles. The molecule has 0 spiro atoms. The predicted octanol–water partition coefficient (Wildman–Crippen LogP) is 1.98. The molecule has 0 radical (unpaired) electrons. The van der Waals surface area contributed by atoms with Crippen molar-refractivity contribution in [3.8, 4) is 5.75 Å². The SMILES string of the molecule is CNC1C/C(=N\OC)CN(c2c(F)cc3c(=O)c(C(=O)O)cn(C4CC4)c3c2OC)C1. The van der Waals surface area contributed by atoms with E-state index >= 15 is 4.39 Å². The number of rotatable bonds is 6. The van der Waals surface area contributed by atoms with E-state index in [4.69, 9.17) is 9.57 Å². The first kappa shape index (κ1) is 21.1. The van der Waals surface area contributed by atoms with Crippen molar-refractivity contribution in [3.63, 3.8) is 0 Å². The van der Waals surface area contributed by atoms with Crippen LogP contribution in [-0.4, -0.2) is 61.8 Å². The summed E-state index contributed by atoms with van der Waals surface area (Å²) in [5.74, 6) is -1.78. The first-order chi connectivity index (χ1) is 14.9. The minimum atomic E-state index is -1.34. The van der Waals surface area contributed by atoms with Crippen LogP contribution in [0.3, 0.4) is 0 Å². The van der Waals surface area contributed by atoms with Crippen molar-refractivity contribution in [3.05, 3.63) is 33.9 Å². The van der Waals surface area contributed by atoms with E-state index < -0.39 is 17.2 Å². The highest BCUT2D eigenvalue weighted by atomic mass is 19.1. The fourth-order valence-corrected chi connectivity index (χ4v) is 4.25. The number of carboxylic acids is 1. The Balaban J connectivity index is 1.97. The van der Waals surface area contributed by atoms with Gasteiger partial charge in [0.25, 0.3) is 0 Å². The fraction of sp³-hybridized carbons (Fsp3) is 0.476. The molecule has 2 fully saturated rings. The molecule has 4 rings (SSSR count). The number of fused-ring (bicyclic) bond motifs is 1. The molecule has 1 atom stereocenters. The lowest BCUT2D eigenvalue weighted by atomic mass is 10.0. The molecule has 2 aliphatic rings. The van der Waals surface area contributed by atoms with Crippen molar-refractivity contribution in [1.82, 2.24) is 9.88 Å². The van der Waals surface area contributed by atoms with Gasteiger partial charge in [-0.25, -0.2) is 9.18 Å². The number of halogens is 1. The van der Waals surface area contributed by atoms with Crippen LogP contribution in [0.15, 0.2) is 22.2 Å². The number of hydrogen-bond donors (Lipinski definition) is 2. The van der Waals surface area contributed by atoms with Gasteiger partial charge >= 0.3 is 5.97 Å². The number of benzene rings is 1. The quantitative estimate of drug-likeness (QED) is 0.673. The molecule has 0 bridgehead atoms. The Morgan fingerprint density at radius 3 is 2.68 bits per heavy atom. The smallest absolute Gasteiger partial charge is 0.341 e. The summed E-state index contributed by atoms with van der Waals surface area (Å²) >= 11 is 0. The zero-order valence-corrected chi connectivity index (χ0v) is 17.6. The van der Waals surface area contributed by atoms with E-state index in [-0.39, 0.29) is 34.5 Å². The van der Waals surface area contributed by atoms with Gasteiger partial charge in [0.2, 0.25) is 5.43 Å². The van der Waals surface area contributed by atoms with Crippen LogP contribution in [0, 0.1) is 5.82 Å². The van der Waals surface area contributed by atoms with E-state index in [1.165, 1.54) is 20.4 Å². The molecule has 10 heteroatoms. The second-order valence-corrected chi connectivity index (χ2v) is 7.86. The van der Waals surface area contributed by atoms with Crippen LogP contribution in [-0.2, 0) is 4.84 Å². The summed E-state index contributed by atoms with van der Waals surface area (Å²) in [6.45, 7) is 0.838. The monoisotopic (exact) mass is 432 g/mol. The van der Waals surface area contributed by atoms with Gasteiger partial charge < -0.3 is 29.5 Å². The van der Waals surface area contributed by atoms with Crippen LogP contribution in [0.25, 0.3) is 10.9 Å².